The van der Waals surface area contributed by atoms with Gasteiger partial charge in [0.1, 0.15) is 12.1 Å². The Bertz CT molecular complexity index is 1190. The predicted octanol–water partition coefficient (Wildman–Crippen LogP) is 2.71. The number of likely N-dealkylation sites (tertiary alicyclic amines) is 1. The van der Waals surface area contributed by atoms with Crippen molar-refractivity contribution in [2.75, 3.05) is 13.6 Å². The number of hydrogen-bond donors (Lipinski definition) is 4. The summed E-state index contributed by atoms with van der Waals surface area (Å²) in [4.78, 5) is 54.9. The van der Waals surface area contributed by atoms with E-state index in [2.05, 4.69) is 21.3 Å². The molecule has 0 aromatic heterocycles. The first kappa shape index (κ1) is 30.8. The molecular weight excluding hydrogens is 506 g/mol. The Kier molecular flexibility index (Phi) is 10.1. The number of amides is 4. The lowest BCUT2D eigenvalue weighted by atomic mass is 9.85. The second kappa shape index (κ2) is 13.1. The van der Waals surface area contributed by atoms with Crippen molar-refractivity contribution in [3.05, 3.63) is 71.3 Å². The molecule has 2 aromatic carbocycles. The lowest BCUT2D eigenvalue weighted by Crippen LogP contribution is -2.59. The maximum atomic E-state index is 14.0. The molecule has 2 aromatic rings. The summed E-state index contributed by atoms with van der Waals surface area (Å²) in [5.74, 6) is -1.24. The topological polar surface area (TPSA) is 120 Å². The van der Waals surface area contributed by atoms with E-state index in [0.717, 1.165) is 11.1 Å². The standard InChI is InChI=1S/C31H43N5O4/c1-19-13-15-23(16-14-19)28(38)34-24-17-25(29(39)33-20(2)22-11-9-8-10-12-22)36(18-24)30(40)26(31(4,5)6)35-27(37)21(3)32-7/h8-16,20-21,24-26,32H,17-18H2,1-7H3,(H,33,39)(H,34,38)(H,35,37)/t20-,21+,24+,25+,26-/m1/s1. The molecule has 4 N–H and O–H groups in total. The average molecular weight is 550 g/mol. The molecule has 4 amide bonds. The van der Waals surface area contributed by atoms with Gasteiger partial charge in [-0.3, -0.25) is 19.2 Å². The average Bonchev–Trinajstić information content (AvgIpc) is 3.34. The van der Waals surface area contributed by atoms with Crippen LogP contribution in [0.4, 0.5) is 0 Å². The van der Waals surface area contributed by atoms with E-state index in [-0.39, 0.29) is 42.6 Å². The quantitative estimate of drug-likeness (QED) is 0.384. The third-order valence-electron chi connectivity index (χ3n) is 7.42. The lowest BCUT2D eigenvalue weighted by Gasteiger charge is -2.36. The van der Waals surface area contributed by atoms with Crippen LogP contribution in [0.2, 0.25) is 0 Å². The zero-order valence-corrected chi connectivity index (χ0v) is 24.6. The number of benzene rings is 2. The summed E-state index contributed by atoms with van der Waals surface area (Å²) in [6.07, 6.45) is 0.258. The molecular formula is C31H43N5O4. The van der Waals surface area contributed by atoms with Gasteiger partial charge >= 0.3 is 0 Å². The van der Waals surface area contributed by atoms with Gasteiger partial charge in [0.05, 0.1) is 12.1 Å². The minimum absolute atomic E-state index is 0.151. The van der Waals surface area contributed by atoms with Crippen LogP contribution in [0.25, 0.3) is 0 Å². The number of hydrogen-bond acceptors (Lipinski definition) is 5. The zero-order valence-electron chi connectivity index (χ0n) is 24.6. The highest BCUT2D eigenvalue weighted by Gasteiger charge is 2.45. The molecule has 0 spiro atoms. The number of likely N-dealkylation sites (N-methyl/N-ethyl adjacent to an activating group) is 1. The maximum absolute atomic E-state index is 14.0. The van der Waals surface area contributed by atoms with E-state index in [1.54, 1.807) is 26.1 Å². The Hall–Kier alpha value is -3.72. The van der Waals surface area contributed by atoms with Crippen LogP contribution in [0.1, 0.15) is 68.6 Å². The van der Waals surface area contributed by atoms with Gasteiger partial charge in [0.2, 0.25) is 17.7 Å². The van der Waals surface area contributed by atoms with E-state index >= 15 is 0 Å². The van der Waals surface area contributed by atoms with Crippen LogP contribution < -0.4 is 21.3 Å². The first-order chi connectivity index (χ1) is 18.8. The zero-order chi connectivity index (χ0) is 29.6. The third-order valence-corrected chi connectivity index (χ3v) is 7.42. The Balaban J connectivity index is 1.86. The van der Waals surface area contributed by atoms with E-state index in [1.165, 1.54) is 4.90 Å². The molecule has 1 saturated heterocycles. The fraction of sp³-hybridized carbons (Fsp3) is 0.484. The molecule has 1 fully saturated rings. The highest BCUT2D eigenvalue weighted by Crippen LogP contribution is 2.27. The smallest absolute Gasteiger partial charge is 0.251 e. The highest BCUT2D eigenvalue weighted by molar-refractivity contribution is 5.96. The maximum Gasteiger partial charge on any atom is 0.251 e. The summed E-state index contributed by atoms with van der Waals surface area (Å²) in [6.45, 7) is 11.3. The molecule has 9 nitrogen and oxygen atoms in total. The number of carbonyl (C=O) groups excluding carboxylic acids is 4. The minimum atomic E-state index is -0.871. The molecule has 0 unspecified atom stereocenters. The van der Waals surface area contributed by atoms with Crippen LogP contribution in [0.5, 0.6) is 0 Å². The van der Waals surface area contributed by atoms with Gasteiger partial charge < -0.3 is 26.2 Å². The van der Waals surface area contributed by atoms with Crippen LogP contribution in [-0.2, 0) is 14.4 Å². The van der Waals surface area contributed by atoms with Crippen molar-refractivity contribution in [3.8, 4) is 0 Å². The van der Waals surface area contributed by atoms with Crippen molar-refractivity contribution in [2.24, 2.45) is 5.41 Å². The predicted molar refractivity (Wildman–Crippen MR) is 155 cm³/mol. The number of nitrogens with one attached hydrogen (secondary N) is 4. The molecule has 40 heavy (non-hydrogen) atoms. The van der Waals surface area contributed by atoms with Crippen molar-refractivity contribution in [1.29, 1.82) is 0 Å². The molecule has 5 atom stereocenters. The molecule has 1 aliphatic rings. The van der Waals surface area contributed by atoms with Crippen molar-refractivity contribution in [1.82, 2.24) is 26.2 Å². The van der Waals surface area contributed by atoms with Crippen LogP contribution in [0.3, 0.4) is 0 Å². The fourth-order valence-corrected chi connectivity index (χ4v) is 4.75. The largest absolute Gasteiger partial charge is 0.348 e. The van der Waals surface area contributed by atoms with Gasteiger partial charge in [0.25, 0.3) is 5.91 Å². The summed E-state index contributed by atoms with van der Waals surface area (Å²) in [5, 5.41) is 11.8. The molecule has 216 valence electrons. The fourth-order valence-electron chi connectivity index (χ4n) is 4.75. The first-order valence-corrected chi connectivity index (χ1v) is 13.8. The summed E-state index contributed by atoms with van der Waals surface area (Å²) < 4.78 is 0. The normalized spacial score (nSPS) is 19.3. The van der Waals surface area contributed by atoms with Crippen LogP contribution in [0, 0.1) is 12.3 Å². The Morgan fingerprint density at radius 3 is 2.12 bits per heavy atom. The first-order valence-electron chi connectivity index (χ1n) is 13.8. The molecule has 0 radical (unpaired) electrons. The van der Waals surface area contributed by atoms with Crippen LogP contribution >= 0.6 is 0 Å². The summed E-state index contributed by atoms with van der Waals surface area (Å²) >= 11 is 0. The van der Waals surface area contributed by atoms with Crippen molar-refractivity contribution in [2.45, 2.75) is 78.2 Å². The van der Waals surface area contributed by atoms with Crippen LogP contribution in [0.15, 0.2) is 54.6 Å². The SMILES string of the molecule is CN[C@@H](C)C(=O)N[C@H](C(=O)N1C[C@@H](NC(=O)c2ccc(C)cc2)C[C@H]1C(=O)N[C@H](C)c1ccccc1)C(C)(C)C. The summed E-state index contributed by atoms with van der Waals surface area (Å²) in [7, 11) is 1.67. The van der Waals surface area contributed by atoms with E-state index < -0.39 is 29.6 Å². The second-order valence-corrected chi connectivity index (χ2v) is 11.7. The van der Waals surface area contributed by atoms with Gasteiger partial charge in [0, 0.05) is 18.2 Å². The van der Waals surface area contributed by atoms with Gasteiger partial charge in [-0.2, -0.15) is 0 Å². The van der Waals surface area contributed by atoms with Gasteiger partial charge in [-0.25, -0.2) is 0 Å². The Morgan fingerprint density at radius 2 is 1.55 bits per heavy atom. The number of carbonyl (C=O) groups is 4. The molecule has 0 saturated carbocycles. The third kappa shape index (κ3) is 7.69. The molecule has 1 heterocycles. The van der Waals surface area contributed by atoms with Gasteiger partial charge in [-0.15, -0.1) is 0 Å². The van der Waals surface area contributed by atoms with Crippen molar-refractivity contribution in [3.63, 3.8) is 0 Å². The molecule has 0 bridgehead atoms. The Morgan fingerprint density at radius 1 is 0.925 bits per heavy atom. The van der Waals surface area contributed by atoms with Gasteiger partial charge in [-0.1, -0.05) is 68.8 Å². The minimum Gasteiger partial charge on any atom is -0.348 e. The monoisotopic (exact) mass is 549 g/mol. The number of nitrogens with zero attached hydrogens (tertiary/aromatic N) is 1. The summed E-state index contributed by atoms with van der Waals surface area (Å²) in [5.41, 5.74) is 1.87. The van der Waals surface area contributed by atoms with Crippen molar-refractivity contribution >= 4 is 23.6 Å². The Labute approximate surface area is 237 Å². The van der Waals surface area contributed by atoms with Crippen LogP contribution in [-0.4, -0.2) is 66.3 Å². The molecule has 1 aliphatic heterocycles. The number of rotatable bonds is 9. The molecule has 9 heteroatoms. The molecule has 0 aliphatic carbocycles. The highest BCUT2D eigenvalue weighted by atomic mass is 16.2. The van der Waals surface area contributed by atoms with E-state index in [4.69, 9.17) is 0 Å². The van der Waals surface area contributed by atoms with Gasteiger partial charge in [-0.05, 0) is 57.4 Å². The molecule has 3 rings (SSSR count). The van der Waals surface area contributed by atoms with E-state index in [9.17, 15) is 19.2 Å². The lowest BCUT2D eigenvalue weighted by molar-refractivity contribution is -0.144. The van der Waals surface area contributed by atoms with E-state index in [0.29, 0.717) is 5.56 Å². The van der Waals surface area contributed by atoms with E-state index in [1.807, 2.05) is 77.1 Å². The van der Waals surface area contributed by atoms with Crippen molar-refractivity contribution < 1.29 is 19.2 Å². The van der Waals surface area contributed by atoms with Gasteiger partial charge in [0.15, 0.2) is 0 Å². The summed E-state index contributed by atoms with van der Waals surface area (Å²) in [6, 6.07) is 13.9. The second-order valence-electron chi connectivity index (χ2n) is 11.7. The number of aryl methyl sites for hydroxylation is 1.